The molecule has 118 valence electrons. The van der Waals surface area contributed by atoms with Crippen LogP contribution in [0.15, 0.2) is 6.33 Å². The van der Waals surface area contributed by atoms with Crippen LogP contribution in [0.2, 0.25) is 0 Å². The number of hydrogen-bond acceptors (Lipinski definition) is 5. The summed E-state index contributed by atoms with van der Waals surface area (Å²) in [4.78, 5) is 15.6. The summed E-state index contributed by atoms with van der Waals surface area (Å²) in [7, 11) is 0.362. The van der Waals surface area contributed by atoms with Crippen molar-refractivity contribution in [3.05, 3.63) is 12.2 Å². The van der Waals surface area contributed by atoms with Crippen molar-refractivity contribution in [3.63, 3.8) is 0 Å². The van der Waals surface area contributed by atoms with Crippen LogP contribution < -0.4 is 0 Å². The number of aromatic nitrogens is 3. The van der Waals surface area contributed by atoms with E-state index in [1.807, 2.05) is 4.68 Å². The average molecular weight is 313 g/mol. The number of methoxy groups -OCH3 is 1. The zero-order valence-corrected chi connectivity index (χ0v) is 13.7. The van der Waals surface area contributed by atoms with E-state index in [0.29, 0.717) is 23.8 Å². The first-order chi connectivity index (χ1) is 9.94. The Kier molecular flexibility index (Phi) is 5.13. The Balaban J connectivity index is 1.90. The standard InChI is InChI=1S/C14H23N3O3S/c1-11(2)7-17-12(15-10-16-17)8-21(19)9-14(4-5-14)6-13(18)20-3/h10-11H,4-9H2,1-3H3. The van der Waals surface area contributed by atoms with Crippen LogP contribution in [0.1, 0.15) is 38.9 Å². The molecule has 21 heavy (non-hydrogen) atoms. The molecule has 1 aliphatic rings. The van der Waals surface area contributed by atoms with Gasteiger partial charge in [-0.25, -0.2) is 9.67 Å². The molecule has 1 aliphatic carbocycles. The van der Waals surface area contributed by atoms with Crippen molar-refractivity contribution in [2.24, 2.45) is 11.3 Å². The Morgan fingerprint density at radius 3 is 2.81 bits per heavy atom. The van der Waals surface area contributed by atoms with Gasteiger partial charge >= 0.3 is 5.97 Å². The van der Waals surface area contributed by atoms with Crippen molar-refractivity contribution in [3.8, 4) is 0 Å². The molecule has 0 aliphatic heterocycles. The van der Waals surface area contributed by atoms with Crippen LogP contribution in [0.25, 0.3) is 0 Å². The Morgan fingerprint density at radius 1 is 1.52 bits per heavy atom. The van der Waals surface area contributed by atoms with E-state index in [9.17, 15) is 9.00 Å². The maximum Gasteiger partial charge on any atom is 0.306 e. The van der Waals surface area contributed by atoms with Gasteiger partial charge in [-0.05, 0) is 24.2 Å². The van der Waals surface area contributed by atoms with E-state index in [1.54, 1.807) is 0 Å². The summed E-state index contributed by atoms with van der Waals surface area (Å²) in [5.74, 6) is 1.95. The number of ether oxygens (including phenoxy) is 1. The lowest BCUT2D eigenvalue weighted by Crippen LogP contribution is -2.20. The summed E-state index contributed by atoms with van der Waals surface area (Å²) in [6.07, 6.45) is 3.78. The SMILES string of the molecule is COC(=O)CC1(CS(=O)Cc2ncnn2CC(C)C)CC1. The molecule has 0 aromatic carbocycles. The van der Waals surface area contributed by atoms with Gasteiger partial charge in [-0.3, -0.25) is 9.00 Å². The van der Waals surface area contributed by atoms with Crippen LogP contribution in [-0.2, 0) is 32.6 Å². The Hall–Kier alpha value is -1.24. The molecule has 2 rings (SSSR count). The molecule has 0 saturated heterocycles. The van der Waals surface area contributed by atoms with Crippen LogP contribution in [0.3, 0.4) is 0 Å². The van der Waals surface area contributed by atoms with Crippen molar-refractivity contribution in [1.29, 1.82) is 0 Å². The maximum atomic E-state index is 12.4. The normalized spacial score (nSPS) is 17.7. The van der Waals surface area contributed by atoms with E-state index in [2.05, 4.69) is 23.9 Å². The van der Waals surface area contributed by atoms with Gasteiger partial charge in [0, 0.05) is 23.1 Å². The van der Waals surface area contributed by atoms with E-state index < -0.39 is 10.8 Å². The second-order valence-corrected chi connectivity index (χ2v) is 7.69. The molecule has 0 amide bonds. The zero-order chi connectivity index (χ0) is 15.5. The van der Waals surface area contributed by atoms with Crippen LogP contribution in [0, 0.1) is 11.3 Å². The lowest BCUT2D eigenvalue weighted by atomic mass is 10.1. The molecule has 1 unspecified atom stereocenters. The first-order valence-corrected chi connectivity index (χ1v) is 8.71. The largest absolute Gasteiger partial charge is 0.469 e. The highest BCUT2D eigenvalue weighted by molar-refractivity contribution is 7.84. The molecule has 1 saturated carbocycles. The Morgan fingerprint density at radius 2 is 2.24 bits per heavy atom. The van der Waals surface area contributed by atoms with Gasteiger partial charge in [-0.1, -0.05) is 13.8 Å². The molecule has 0 radical (unpaired) electrons. The van der Waals surface area contributed by atoms with E-state index in [1.165, 1.54) is 13.4 Å². The molecule has 1 atom stereocenters. The molecular formula is C14H23N3O3S. The highest BCUT2D eigenvalue weighted by Gasteiger charge is 2.46. The number of carbonyl (C=O) groups is 1. The van der Waals surface area contributed by atoms with Gasteiger partial charge in [0.2, 0.25) is 0 Å². The quantitative estimate of drug-likeness (QED) is 0.680. The second kappa shape index (κ2) is 6.68. The fourth-order valence-electron chi connectivity index (χ4n) is 2.36. The number of hydrogen-bond donors (Lipinski definition) is 0. The van der Waals surface area contributed by atoms with Gasteiger partial charge in [0.05, 0.1) is 19.3 Å². The topological polar surface area (TPSA) is 74.1 Å². The Bertz CT molecular complexity index is 523. The van der Waals surface area contributed by atoms with E-state index in [4.69, 9.17) is 4.74 Å². The maximum absolute atomic E-state index is 12.4. The fourth-order valence-corrected chi connectivity index (χ4v) is 4.05. The predicted molar refractivity (Wildman–Crippen MR) is 79.9 cm³/mol. The van der Waals surface area contributed by atoms with Crippen LogP contribution in [0.5, 0.6) is 0 Å². The first-order valence-electron chi connectivity index (χ1n) is 7.22. The molecule has 7 heteroatoms. The van der Waals surface area contributed by atoms with Gasteiger partial charge < -0.3 is 4.74 Å². The number of esters is 1. The molecule has 1 aromatic heterocycles. The van der Waals surface area contributed by atoms with Crippen molar-refractivity contribution >= 4 is 16.8 Å². The zero-order valence-electron chi connectivity index (χ0n) is 12.9. The third-order valence-electron chi connectivity index (χ3n) is 3.70. The minimum absolute atomic E-state index is 0.110. The molecule has 1 fully saturated rings. The van der Waals surface area contributed by atoms with Crippen molar-refractivity contribution in [2.45, 2.75) is 45.4 Å². The molecule has 0 spiro atoms. The molecule has 0 N–H and O–H groups in total. The number of rotatable bonds is 8. The van der Waals surface area contributed by atoms with Crippen molar-refractivity contribution in [2.75, 3.05) is 12.9 Å². The average Bonchev–Trinajstić information content (AvgIpc) is 3.01. The number of nitrogens with zero attached hydrogens (tertiary/aromatic N) is 3. The summed E-state index contributed by atoms with van der Waals surface area (Å²) in [5, 5.41) is 4.18. The molecule has 1 aromatic rings. The summed E-state index contributed by atoms with van der Waals surface area (Å²) in [5.41, 5.74) is -0.110. The van der Waals surface area contributed by atoms with Crippen LogP contribution in [-0.4, -0.2) is 37.8 Å². The van der Waals surface area contributed by atoms with Crippen LogP contribution in [0.4, 0.5) is 0 Å². The van der Waals surface area contributed by atoms with Gasteiger partial charge in [-0.2, -0.15) is 5.10 Å². The molecular weight excluding hydrogens is 290 g/mol. The summed E-state index contributed by atoms with van der Waals surface area (Å²) in [6, 6.07) is 0. The van der Waals surface area contributed by atoms with Gasteiger partial charge in [-0.15, -0.1) is 0 Å². The highest BCUT2D eigenvalue weighted by Crippen LogP contribution is 2.49. The third kappa shape index (κ3) is 4.62. The monoisotopic (exact) mass is 313 g/mol. The molecule has 0 bridgehead atoms. The minimum Gasteiger partial charge on any atom is -0.469 e. The fraction of sp³-hybridized carbons (Fsp3) is 0.786. The predicted octanol–water partition coefficient (Wildman–Crippen LogP) is 1.53. The van der Waals surface area contributed by atoms with E-state index in [0.717, 1.165) is 25.2 Å². The smallest absolute Gasteiger partial charge is 0.306 e. The Labute approximate surface area is 127 Å². The van der Waals surface area contributed by atoms with Gasteiger partial charge in [0.25, 0.3) is 0 Å². The highest BCUT2D eigenvalue weighted by atomic mass is 32.2. The summed E-state index contributed by atoms with van der Waals surface area (Å²) in [6.45, 7) is 5.00. The van der Waals surface area contributed by atoms with Crippen molar-refractivity contribution < 1.29 is 13.7 Å². The second-order valence-electron chi connectivity index (χ2n) is 6.23. The first kappa shape index (κ1) is 16.1. The van der Waals surface area contributed by atoms with E-state index >= 15 is 0 Å². The minimum atomic E-state index is -1.03. The molecule has 1 heterocycles. The lowest BCUT2D eigenvalue weighted by Gasteiger charge is -2.13. The van der Waals surface area contributed by atoms with Crippen LogP contribution >= 0.6 is 0 Å². The lowest BCUT2D eigenvalue weighted by molar-refractivity contribution is -0.141. The van der Waals surface area contributed by atoms with Gasteiger partial charge in [0.1, 0.15) is 12.2 Å². The molecule has 6 nitrogen and oxygen atoms in total. The third-order valence-corrected chi connectivity index (χ3v) is 5.21. The summed E-state index contributed by atoms with van der Waals surface area (Å²) < 4.78 is 18.9. The summed E-state index contributed by atoms with van der Waals surface area (Å²) >= 11 is 0. The van der Waals surface area contributed by atoms with Gasteiger partial charge in [0.15, 0.2) is 0 Å². The van der Waals surface area contributed by atoms with E-state index in [-0.39, 0.29) is 11.4 Å². The number of carbonyl (C=O) groups excluding carboxylic acids is 1. The van der Waals surface area contributed by atoms with Crippen molar-refractivity contribution in [1.82, 2.24) is 14.8 Å².